The van der Waals surface area contributed by atoms with Crippen molar-refractivity contribution in [1.82, 2.24) is 25.3 Å². The fourth-order valence-corrected chi connectivity index (χ4v) is 3.34. The summed E-state index contributed by atoms with van der Waals surface area (Å²) < 4.78 is 10.4. The maximum absolute atomic E-state index is 12.4. The van der Waals surface area contributed by atoms with Gasteiger partial charge < -0.3 is 24.4 Å². The molecule has 0 bridgehead atoms. The van der Waals surface area contributed by atoms with Gasteiger partial charge in [-0.3, -0.25) is 9.59 Å². The predicted molar refractivity (Wildman–Crippen MR) is 87.9 cm³/mol. The molecule has 1 spiro atoms. The molecule has 1 aromatic heterocycles. The van der Waals surface area contributed by atoms with Crippen LogP contribution >= 0.6 is 0 Å². The summed E-state index contributed by atoms with van der Waals surface area (Å²) in [5.41, 5.74) is -0.548. The monoisotopic (exact) mass is 365 g/mol. The highest BCUT2D eigenvalue weighted by Crippen LogP contribution is 2.32. The first-order valence-corrected chi connectivity index (χ1v) is 8.67. The standard InChI is InChI=1S/C16H23N5O5/c1-4-11(12-17-10(2)26-19-12)18-13(22)14(23)21-7-5-16(6-8-21)9-20(3)15(24)25-16/h11H,4-9H2,1-3H3,(H,18,22). The zero-order chi connectivity index (χ0) is 18.9. The highest BCUT2D eigenvalue weighted by atomic mass is 16.6. The van der Waals surface area contributed by atoms with Gasteiger partial charge in [-0.05, 0) is 6.42 Å². The molecule has 3 rings (SSSR count). The molecule has 0 saturated carbocycles. The number of carbonyl (C=O) groups excluding carboxylic acids is 3. The molecule has 2 fully saturated rings. The SMILES string of the molecule is CCC(NC(=O)C(=O)N1CCC2(CC1)CN(C)C(=O)O2)c1noc(C)n1. The van der Waals surface area contributed by atoms with Crippen LogP contribution in [-0.4, -0.2) is 70.1 Å². The average molecular weight is 365 g/mol. The van der Waals surface area contributed by atoms with Gasteiger partial charge in [-0.1, -0.05) is 12.1 Å². The van der Waals surface area contributed by atoms with E-state index in [0.717, 1.165) is 0 Å². The van der Waals surface area contributed by atoms with Gasteiger partial charge in [0.05, 0.1) is 12.6 Å². The molecule has 26 heavy (non-hydrogen) atoms. The molecule has 1 atom stereocenters. The Balaban J connectivity index is 1.56. The number of hydrogen-bond donors (Lipinski definition) is 1. The number of piperidine rings is 1. The fraction of sp³-hybridized carbons (Fsp3) is 0.688. The van der Waals surface area contributed by atoms with Crippen molar-refractivity contribution >= 4 is 17.9 Å². The van der Waals surface area contributed by atoms with Crippen LogP contribution in [0.3, 0.4) is 0 Å². The van der Waals surface area contributed by atoms with Crippen LogP contribution < -0.4 is 5.32 Å². The maximum atomic E-state index is 12.4. The molecule has 1 N–H and O–H groups in total. The quantitative estimate of drug-likeness (QED) is 0.770. The molecular weight excluding hydrogens is 342 g/mol. The van der Waals surface area contributed by atoms with Crippen molar-refractivity contribution in [2.75, 3.05) is 26.7 Å². The second-order valence-electron chi connectivity index (χ2n) is 6.81. The minimum atomic E-state index is -0.698. The van der Waals surface area contributed by atoms with Gasteiger partial charge >= 0.3 is 17.9 Å². The smallest absolute Gasteiger partial charge is 0.410 e. The third-order valence-corrected chi connectivity index (χ3v) is 4.87. The lowest BCUT2D eigenvalue weighted by Crippen LogP contribution is -2.52. The number of amides is 3. The Morgan fingerprint density at radius 1 is 1.35 bits per heavy atom. The van der Waals surface area contributed by atoms with E-state index in [1.165, 1.54) is 9.80 Å². The minimum Gasteiger partial charge on any atom is -0.441 e. The summed E-state index contributed by atoms with van der Waals surface area (Å²) in [6.45, 7) is 4.76. The third kappa shape index (κ3) is 3.49. The normalized spacial score (nSPS) is 20.2. The van der Waals surface area contributed by atoms with Gasteiger partial charge in [0.25, 0.3) is 0 Å². The summed E-state index contributed by atoms with van der Waals surface area (Å²) in [5.74, 6) is -0.548. The maximum Gasteiger partial charge on any atom is 0.410 e. The first kappa shape index (κ1) is 18.2. The van der Waals surface area contributed by atoms with Crippen LogP contribution in [0.1, 0.15) is 43.9 Å². The summed E-state index contributed by atoms with van der Waals surface area (Å²) in [7, 11) is 1.69. The van der Waals surface area contributed by atoms with Gasteiger partial charge in [-0.15, -0.1) is 0 Å². The number of rotatable bonds is 3. The van der Waals surface area contributed by atoms with E-state index in [-0.39, 0.29) is 6.09 Å². The molecule has 1 aromatic rings. The van der Waals surface area contributed by atoms with Gasteiger partial charge in [0.1, 0.15) is 5.60 Å². The molecule has 0 aromatic carbocycles. The van der Waals surface area contributed by atoms with Crippen molar-refractivity contribution in [2.24, 2.45) is 0 Å². The molecular formula is C16H23N5O5. The van der Waals surface area contributed by atoms with E-state index < -0.39 is 23.5 Å². The van der Waals surface area contributed by atoms with E-state index >= 15 is 0 Å². The van der Waals surface area contributed by atoms with E-state index in [0.29, 0.717) is 50.6 Å². The van der Waals surface area contributed by atoms with Crippen LogP contribution in [0.2, 0.25) is 0 Å². The molecule has 0 radical (unpaired) electrons. The molecule has 10 heteroatoms. The average Bonchev–Trinajstić information content (AvgIpc) is 3.16. The fourth-order valence-electron chi connectivity index (χ4n) is 3.34. The summed E-state index contributed by atoms with van der Waals surface area (Å²) in [6.07, 6.45) is 1.22. The van der Waals surface area contributed by atoms with E-state index in [9.17, 15) is 14.4 Å². The molecule has 1 unspecified atom stereocenters. The zero-order valence-electron chi connectivity index (χ0n) is 15.2. The van der Waals surface area contributed by atoms with Crippen molar-refractivity contribution in [2.45, 2.75) is 44.8 Å². The Hall–Kier alpha value is -2.65. The molecule has 142 valence electrons. The molecule has 10 nitrogen and oxygen atoms in total. The number of likely N-dealkylation sites (N-methyl/N-ethyl adjacent to an activating group) is 1. The number of likely N-dealkylation sites (tertiary alicyclic amines) is 1. The third-order valence-electron chi connectivity index (χ3n) is 4.87. The minimum absolute atomic E-state index is 0.344. The van der Waals surface area contributed by atoms with Gasteiger partial charge in [0.15, 0.2) is 5.82 Å². The molecule has 0 aliphatic carbocycles. The first-order chi connectivity index (χ1) is 12.3. The Kier molecular flexibility index (Phi) is 4.84. The second kappa shape index (κ2) is 6.93. The van der Waals surface area contributed by atoms with E-state index in [4.69, 9.17) is 9.26 Å². The van der Waals surface area contributed by atoms with Gasteiger partial charge in [-0.25, -0.2) is 4.79 Å². The van der Waals surface area contributed by atoms with Crippen molar-refractivity contribution in [1.29, 1.82) is 0 Å². The summed E-state index contributed by atoms with van der Waals surface area (Å²) in [4.78, 5) is 43.5. The Morgan fingerprint density at radius 3 is 2.54 bits per heavy atom. The van der Waals surface area contributed by atoms with Crippen molar-refractivity contribution in [3.8, 4) is 0 Å². The molecule has 2 saturated heterocycles. The molecule has 2 aliphatic heterocycles. The number of carbonyl (C=O) groups is 3. The summed E-state index contributed by atoms with van der Waals surface area (Å²) >= 11 is 0. The van der Waals surface area contributed by atoms with Crippen LogP contribution in [0.15, 0.2) is 4.52 Å². The topological polar surface area (TPSA) is 118 Å². The molecule has 3 amide bonds. The predicted octanol–water partition coefficient (Wildman–Crippen LogP) is 0.389. The van der Waals surface area contributed by atoms with Crippen molar-refractivity contribution in [3.05, 3.63) is 11.7 Å². The number of aryl methyl sites for hydroxylation is 1. The number of ether oxygens (including phenoxy) is 1. The highest BCUT2D eigenvalue weighted by Gasteiger charge is 2.46. The number of nitrogens with zero attached hydrogens (tertiary/aromatic N) is 4. The second-order valence-corrected chi connectivity index (χ2v) is 6.81. The molecule has 2 aliphatic rings. The molecule has 3 heterocycles. The lowest BCUT2D eigenvalue weighted by atomic mass is 9.91. The summed E-state index contributed by atoms with van der Waals surface area (Å²) in [6, 6.07) is -0.482. The zero-order valence-corrected chi connectivity index (χ0v) is 15.2. The van der Waals surface area contributed by atoms with Crippen LogP contribution in [0.5, 0.6) is 0 Å². The van der Waals surface area contributed by atoms with Crippen molar-refractivity contribution < 1.29 is 23.6 Å². The lowest BCUT2D eigenvalue weighted by Gasteiger charge is -2.37. The van der Waals surface area contributed by atoms with E-state index in [1.807, 2.05) is 6.92 Å². The van der Waals surface area contributed by atoms with Crippen LogP contribution in [0.25, 0.3) is 0 Å². The van der Waals surface area contributed by atoms with E-state index in [2.05, 4.69) is 15.5 Å². The largest absolute Gasteiger partial charge is 0.441 e. The van der Waals surface area contributed by atoms with Gasteiger partial charge in [0.2, 0.25) is 5.89 Å². The Labute approximate surface area is 150 Å². The van der Waals surface area contributed by atoms with Gasteiger partial charge in [0, 0.05) is 39.9 Å². The van der Waals surface area contributed by atoms with Crippen LogP contribution in [0, 0.1) is 6.92 Å². The highest BCUT2D eigenvalue weighted by molar-refractivity contribution is 6.35. The van der Waals surface area contributed by atoms with Crippen LogP contribution in [0.4, 0.5) is 4.79 Å². The number of nitrogens with one attached hydrogen (secondary N) is 1. The Morgan fingerprint density at radius 2 is 2.04 bits per heavy atom. The van der Waals surface area contributed by atoms with Crippen molar-refractivity contribution in [3.63, 3.8) is 0 Å². The number of aromatic nitrogens is 2. The van der Waals surface area contributed by atoms with E-state index in [1.54, 1.807) is 14.0 Å². The Bertz CT molecular complexity index is 710. The lowest BCUT2D eigenvalue weighted by molar-refractivity contribution is -0.148. The summed E-state index contributed by atoms with van der Waals surface area (Å²) in [5, 5.41) is 6.46. The van der Waals surface area contributed by atoms with Gasteiger partial charge in [-0.2, -0.15) is 4.98 Å². The number of hydrogen-bond acceptors (Lipinski definition) is 7. The first-order valence-electron chi connectivity index (χ1n) is 8.67. The van der Waals surface area contributed by atoms with Crippen LogP contribution in [-0.2, 0) is 14.3 Å².